The lowest BCUT2D eigenvalue weighted by Gasteiger charge is -1.96. The van der Waals surface area contributed by atoms with Gasteiger partial charge in [0.2, 0.25) is 0 Å². The number of halogens is 2. The van der Waals surface area contributed by atoms with Crippen molar-refractivity contribution < 1.29 is 0 Å². The molecule has 0 aliphatic carbocycles. The van der Waals surface area contributed by atoms with Gasteiger partial charge in [0.25, 0.3) is 0 Å². The number of hydrogen-bond acceptors (Lipinski definition) is 1. The van der Waals surface area contributed by atoms with Crippen LogP contribution in [-0.4, -0.2) is 9.97 Å². The fraction of sp³-hybridized carbons (Fsp3) is 0.125. The van der Waals surface area contributed by atoms with E-state index in [1.165, 1.54) is 0 Å². The summed E-state index contributed by atoms with van der Waals surface area (Å²) in [6.07, 6.45) is 3.52. The molecule has 0 aliphatic heterocycles. The molecule has 0 amide bonds. The zero-order valence-corrected chi connectivity index (χ0v) is 8.48. The normalized spacial score (nSPS) is 10.8. The summed E-state index contributed by atoms with van der Waals surface area (Å²) in [5, 5.41) is 2.53. The average Bonchev–Trinajstić information content (AvgIpc) is 2.48. The lowest BCUT2D eigenvalue weighted by Crippen LogP contribution is -1.81. The first kappa shape index (κ1) is 8.08. The molecule has 2 aromatic rings. The third kappa shape index (κ3) is 1.13. The van der Waals surface area contributed by atoms with Gasteiger partial charge in [-0.1, -0.05) is 27.5 Å². The van der Waals surface area contributed by atoms with E-state index in [9.17, 15) is 0 Å². The van der Waals surface area contributed by atoms with Gasteiger partial charge in [-0.3, -0.25) is 0 Å². The third-order valence-corrected chi connectivity index (χ3v) is 2.66. The van der Waals surface area contributed by atoms with Gasteiger partial charge in [0.1, 0.15) is 5.65 Å². The molecule has 0 saturated carbocycles. The van der Waals surface area contributed by atoms with E-state index < -0.39 is 0 Å². The Bertz CT molecular complexity index is 410. The van der Waals surface area contributed by atoms with Gasteiger partial charge in [-0.2, -0.15) is 0 Å². The summed E-state index contributed by atoms with van der Waals surface area (Å²) in [6, 6.07) is 1.96. The quantitative estimate of drug-likeness (QED) is 0.769. The van der Waals surface area contributed by atoms with E-state index in [2.05, 4.69) is 25.9 Å². The second-order valence-corrected chi connectivity index (χ2v) is 3.43. The van der Waals surface area contributed by atoms with Crippen molar-refractivity contribution in [3.8, 4) is 0 Å². The van der Waals surface area contributed by atoms with Crippen LogP contribution in [-0.2, 0) is 5.33 Å². The van der Waals surface area contributed by atoms with Gasteiger partial charge >= 0.3 is 0 Å². The van der Waals surface area contributed by atoms with Crippen LogP contribution >= 0.6 is 27.5 Å². The Labute approximate surface area is 83.1 Å². The molecule has 12 heavy (non-hydrogen) atoms. The minimum atomic E-state index is 0.729. The van der Waals surface area contributed by atoms with Gasteiger partial charge in [0, 0.05) is 23.1 Å². The van der Waals surface area contributed by atoms with Crippen LogP contribution in [0.3, 0.4) is 0 Å². The predicted octanol–water partition coefficient (Wildman–Crippen LogP) is 3.11. The van der Waals surface area contributed by atoms with E-state index >= 15 is 0 Å². The maximum absolute atomic E-state index is 5.96. The molecule has 2 nitrogen and oxygen atoms in total. The summed E-state index contributed by atoms with van der Waals surface area (Å²) in [7, 11) is 0. The fourth-order valence-corrected chi connectivity index (χ4v) is 1.93. The Morgan fingerprint density at radius 2 is 2.42 bits per heavy atom. The first-order valence-electron chi connectivity index (χ1n) is 3.49. The molecule has 0 saturated heterocycles. The van der Waals surface area contributed by atoms with Gasteiger partial charge < -0.3 is 4.98 Å². The summed E-state index contributed by atoms with van der Waals surface area (Å²) in [6.45, 7) is 0. The Kier molecular flexibility index (Phi) is 2.07. The molecule has 0 aromatic carbocycles. The molecule has 0 fully saturated rings. The molecular formula is C8H6BrClN2. The minimum Gasteiger partial charge on any atom is -0.345 e. The molecule has 0 atom stereocenters. The van der Waals surface area contributed by atoms with Crippen molar-refractivity contribution in [2.24, 2.45) is 0 Å². The van der Waals surface area contributed by atoms with Crippen LogP contribution in [0.1, 0.15) is 5.56 Å². The van der Waals surface area contributed by atoms with Crippen molar-refractivity contribution >= 4 is 38.6 Å². The Morgan fingerprint density at radius 3 is 3.17 bits per heavy atom. The molecule has 0 radical (unpaired) electrons. The SMILES string of the molecule is Clc1c[nH]c2nccc(CBr)c12. The molecule has 2 aromatic heterocycles. The van der Waals surface area contributed by atoms with Gasteiger partial charge in [-0.05, 0) is 11.6 Å². The first-order valence-corrected chi connectivity index (χ1v) is 4.99. The van der Waals surface area contributed by atoms with Crippen LogP contribution in [0, 0.1) is 0 Å². The summed E-state index contributed by atoms with van der Waals surface area (Å²) in [5.74, 6) is 0. The van der Waals surface area contributed by atoms with Crippen molar-refractivity contribution in [3.05, 3.63) is 29.0 Å². The van der Waals surface area contributed by atoms with Crippen molar-refractivity contribution in [1.82, 2.24) is 9.97 Å². The topological polar surface area (TPSA) is 28.7 Å². The third-order valence-electron chi connectivity index (χ3n) is 1.76. The summed E-state index contributed by atoms with van der Waals surface area (Å²) < 4.78 is 0. The second kappa shape index (κ2) is 3.07. The molecule has 2 heterocycles. The summed E-state index contributed by atoms with van der Waals surface area (Å²) in [5.41, 5.74) is 2.00. The van der Waals surface area contributed by atoms with E-state index in [1.54, 1.807) is 12.4 Å². The zero-order valence-electron chi connectivity index (χ0n) is 6.14. The first-order chi connectivity index (χ1) is 5.83. The Morgan fingerprint density at radius 1 is 1.58 bits per heavy atom. The number of rotatable bonds is 1. The monoisotopic (exact) mass is 244 g/mol. The van der Waals surface area contributed by atoms with E-state index in [0.29, 0.717) is 0 Å². The molecule has 0 unspecified atom stereocenters. The van der Waals surface area contributed by atoms with E-state index in [-0.39, 0.29) is 0 Å². The molecular weight excluding hydrogens is 239 g/mol. The molecule has 4 heteroatoms. The molecule has 2 rings (SSSR count). The number of nitrogens with zero attached hydrogens (tertiary/aromatic N) is 1. The van der Waals surface area contributed by atoms with Crippen LogP contribution < -0.4 is 0 Å². The van der Waals surface area contributed by atoms with Gasteiger partial charge in [-0.25, -0.2) is 4.98 Å². The number of H-pyrrole nitrogens is 1. The van der Waals surface area contributed by atoms with Crippen LogP contribution in [0.25, 0.3) is 11.0 Å². The second-order valence-electron chi connectivity index (χ2n) is 2.46. The average molecular weight is 246 g/mol. The van der Waals surface area contributed by atoms with E-state index in [1.807, 2.05) is 6.07 Å². The number of fused-ring (bicyclic) bond motifs is 1. The molecule has 0 spiro atoms. The van der Waals surface area contributed by atoms with Gasteiger partial charge in [-0.15, -0.1) is 0 Å². The number of hydrogen-bond donors (Lipinski definition) is 1. The summed E-state index contributed by atoms with van der Waals surface area (Å²) >= 11 is 9.36. The highest BCUT2D eigenvalue weighted by Gasteiger charge is 2.05. The van der Waals surface area contributed by atoms with E-state index in [0.717, 1.165) is 26.9 Å². The number of aromatic nitrogens is 2. The maximum atomic E-state index is 5.96. The predicted molar refractivity (Wildman–Crippen MR) is 53.7 cm³/mol. The van der Waals surface area contributed by atoms with Gasteiger partial charge in [0.15, 0.2) is 0 Å². The van der Waals surface area contributed by atoms with Crippen molar-refractivity contribution in [3.63, 3.8) is 0 Å². The number of aromatic amines is 1. The fourth-order valence-electron chi connectivity index (χ4n) is 1.19. The van der Waals surface area contributed by atoms with Crippen LogP contribution in [0.2, 0.25) is 5.02 Å². The van der Waals surface area contributed by atoms with E-state index in [4.69, 9.17) is 11.6 Å². The number of alkyl halides is 1. The minimum absolute atomic E-state index is 0.729. The summed E-state index contributed by atoms with van der Waals surface area (Å²) in [4.78, 5) is 7.15. The highest BCUT2D eigenvalue weighted by atomic mass is 79.9. The Hall–Kier alpha value is -0.540. The number of nitrogens with one attached hydrogen (secondary N) is 1. The van der Waals surface area contributed by atoms with Crippen molar-refractivity contribution in [1.29, 1.82) is 0 Å². The lowest BCUT2D eigenvalue weighted by atomic mass is 10.2. The molecule has 0 bridgehead atoms. The van der Waals surface area contributed by atoms with Crippen molar-refractivity contribution in [2.45, 2.75) is 5.33 Å². The van der Waals surface area contributed by atoms with Crippen LogP contribution in [0.5, 0.6) is 0 Å². The van der Waals surface area contributed by atoms with Gasteiger partial charge in [0.05, 0.1) is 5.02 Å². The standard InChI is InChI=1S/C8H6BrClN2/c9-3-5-1-2-11-8-7(5)6(10)4-12-8/h1-2,4H,3H2,(H,11,12). The Balaban J connectivity index is 2.84. The lowest BCUT2D eigenvalue weighted by molar-refractivity contribution is 1.30. The maximum Gasteiger partial charge on any atom is 0.139 e. The number of pyridine rings is 1. The molecule has 0 aliphatic rings. The van der Waals surface area contributed by atoms with Crippen LogP contribution in [0.4, 0.5) is 0 Å². The van der Waals surface area contributed by atoms with Crippen LogP contribution in [0.15, 0.2) is 18.5 Å². The highest BCUT2D eigenvalue weighted by molar-refractivity contribution is 9.08. The highest BCUT2D eigenvalue weighted by Crippen LogP contribution is 2.26. The smallest absolute Gasteiger partial charge is 0.139 e. The zero-order chi connectivity index (χ0) is 8.55. The van der Waals surface area contributed by atoms with Crippen molar-refractivity contribution in [2.75, 3.05) is 0 Å². The molecule has 1 N–H and O–H groups in total. The largest absolute Gasteiger partial charge is 0.345 e. The molecule has 62 valence electrons.